The van der Waals surface area contributed by atoms with Crippen LogP contribution in [-0.4, -0.2) is 63.4 Å². The Hall–Kier alpha value is -1.14. The summed E-state index contributed by atoms with van der Waals surface area (Å²) in [5.74, 6) is 3.28. The van der Waals surface area contributed by atoms with Crippen LogP contribution in [0.3, 0.4) is 0 Å². The highest BCUT2D eigenvalue weighted by molar-refractivity contribution is 7.99. The molecule has 0 saturated carbocycles. The van der Waals surface area contributed by atoms with Crippen molar-refractivity contribution in [3.05, 3.63) is 23.8 Å². The van der Waals surface area contributed by atoms with Crippen LogP contribution in [-0.2, 0) is 17.8 Å². The first-order valence-electron chi connectivity index (χ1n) is 8.56. The minimum absolute atomic E-state index is 0.198. The topological polar surface area (TPSA) is 49.3 Å². The Morgan fingerprint density at radius 1 is 1.13 bits per heavy atom. The van der Waals surface area contributed by atoms with Crippen molar-refractivity contribution in [1.82, 2.24) is 19.8 Å². The SMILES string of the molecule is CC(=O)N1CCC(Cc2cnc(CN3CCSCC3)cn2)CC1. The van der Waals surface area contributed by atoms with E-state index < -0.39 is 0 Å². The monoisotopic (exact) mass is 334 g/mol. The van der Waals surface area contributed by atoms with Gasteiger partial charge >= 0.3 is 0 Å². The maximum absolute atomic E-state index is 11.4. The first-order chi connectivity index (χ1) is 11.2. The summed E-state index contributed by atoms with van der Waals surface area (Å²) in [6.07, 6.45) is 7.04. The third-order valence-corrected chi connectivity index (χ3v) is 5.75. The molecule has 1 aromatic heterocycles. The molecule has 0 spiro atoms. The van der Waals surface area contributed by atoms with Crippen LogP contribution in [0.15, 0.2) is 12.4 Å². The van der Waals surface area contributed by atoms with E-state index in [2.05, 4.69) is 14.9 Å². The van der Waals surface area contributed by atoms with Crippen LogP contribution in [0.25, 0.3) is 0 Å². The summed E-state index contributed by atoms with van der Waals surface area (Å²) in [6, 6.07) is 0. The molecule has 0 atom stereocenters. The van der Waals surface area contributed by atoms with Gasteiger partial charge in [-0.05, 0) is 25.2 Å². The number of hydrogen-bond donors (Lipinski definition) is 0. The Bertz CT molecular complexity index is 508. The molecule has 5 nitrogen and oxygen atoms in total. The number of nitrogens with zero attached hydrogens (tertiary/aromatic N) is 4. The fraction of sp³-hybridized carbons (Fsp3) is 0.706. The third kappa shape index (κ3) is 4.91. The van der Waals surface area contributed by atoms with Gasteiger partial charge in [0.15, 0.2) is 0 Å². The molecule has 1 aromatic rings. The van der Waals surface area contributed by atoms with Gasteiger partial charge in [0.1, 0.15) is 0 Å². The Morgan fingerprint density at radius 2 is 1.78 bits per heavy atom. The fourth-order valence-electron chi connectivity index (χ4n) is 3.30. The highest BCUT2D eigenvalue weighted by Crippen LogP contribution is 2.21. The quantitative estimate of drug-likeness (QED) is 0.841. The number of rotatable bonds is 4. The van der Waals surface area contributed by atoms with E-state index in [-0.39, 0.29) is 5.91 Å². The summed E-state index contributed by atoms with van der Waals surface area (Å²) >= 11 is 2.03. The number of piperidine rings is 1. The molecule has 3 heterocycles. The van der Waals surface area contributed by atoms with Gasteiger partial charge in [-0.1, -0.05) is 0 Å². The lowest BCUT2D eigenvalue weighted by Crippen LogP contribution is -2.37. The second-order valence-corrected chi connectivity index (χ2v) is 7.77. The van der Waals surface area contributed by atoms with Gasteiger partial charge in [0.05, 0.1) is 17.6 Å². The van der Waals surface area contributed by atoms with E-state index in [0.717, 1.165) is 63.4 Å². The van der Waals surface area contributed by atoms with Crippen LogP contribution in [0, 0.1) is 5.92 Å². The molecule has 0 radical (unpaired) electrons. The van der Waals surface area contributed by atoms with E-state index in [0.29, 0.717) is 5.92 Å². The van der Waals surface area contributed by atoms with Crippen molar-refractivity contribution in [3.8, 4) is 0 Å². The van der Waals surface area contributed by atoms with Gasteiger partial charge in [-0.3, -0.25) is 19.7 Å². The van der Waals surface area contributed by atoms with Crippen molar-refractivity contribution in [2.75, 3.05) is 37.7 Å². The van der Waals surface area contributed by atoms with Gasteiger partial charge in [-0.15, -0.1) is 0 Å². The van der Waals surface area contributed by atoms with E-state index in [1.807, 2.05) is 29.1 Å². The molecule has 3 rings (SSSR count). The summed E-state index contributed by atoms with van der Waals surface area (Å²) < 4.78 is 0. The molecule has 126 valence electrons. The molecule has 0 N–H and O–H groups in total. The van der Waals surface area contributed by atoms with Crippen LogP contribution < -0.4 is 0 Å². The first-order valence-corrected chi connectivity index (χ1v) is 9.71. The zero-order chi connectivity index (χ0) is 16.1. The predicted molar refractivity (Wildman–Crippen MR) is 93.3 cm³/mol. The van der Waals surface area contributed by atoms with Gasteiger partial charge in [-0.2, -0.15) is 11.8 Å². The van der Waals surface area contributed by atoms with E-state index >= 15 is 0 Å². The molecule has 0 aliphatic carbocycles. The molecular weight excluding hydrogens is 308 g/mol. The van der Waals surface area contributed by atoms with Crippen molar-refractivity contribution >= 4 is 17.7 Å². The molecule has 2 fully saturated rings. The van der Waals surface area contributed by atoms with Crippen molar-refractivity contribution in [3.63, 3.8) is 0 Å². The zero-order valence-electron chi connectivity index (χ0n) is 13.9. The third-order valence-electron chi connectivity index (χ3n) is 4.81. The summed E-state index contributed by atoms with van der Waals surface area (Å²) in [5.41, 5.74) is 2.16. The number of thioether (sulfide) groups is 1. The smallest absolute Gasteiger partial charge is 0.219 e. The largest absolute Gasteiger partial charge is 0.343 e. The lowest BCUT2D eigenvalue weighted by Gasteiger charge is -2.31. The molecular formula is C17H26N4OS. The van der Waals surface area contributed by atoms with E-state index in [1.54, 1.807) is 6.92 Å². The first kappa shape index (κ1) is 16.7. The average molecular weight is 334 g/mol. The van der Waals surface area contributed by atoms with Crippen molar-refractivity contribution in [2.24, 2.45) is 5.92 Å². The highest BCUT2D eigenvalue weighted by atomic mass is 32.2. The van der Waals surface area contributed by atoms with E-state index in [9.17, 15) is 4.79 Å². The second-order valence-electron chi connectivity index (χ2n) is 6.54. The minimum atomic E-state index is 0.198. The molecule has 0 bridgehead atoms. The highest BCUT2D eigenvalue weighted by Gasteiger charge is 2.21. The summed E-state index contributed by atoms with van der Waals surface area (Å²) in [7, 11) is 0. The molecule has 2 aliphatic rings. The number of likely N-dealkylation sites (tertiary alicyclic amines) is 1. The van der Waals surface area contributed by atoms with Crippen LogP contribution in [0.1, 0.15) is 31.2 Å². The Labute approximate surface area is 142 Å². The Kier molecular flexibility index (Phi) is 5.89. The number of hydrogen-bond acceptors (Lipinski definition) is 5. The lowest BCUT2D eigenvalue weighted by molar-refractivity contribution is -0.130. The second kappa shape index (κ2) is 8.11. The van der Waals surface area contributed by atoms with Crippen molar-refractivity contribution < 1.29 is 4.79 Å². The average Bonchev–Trinajstić information content (AvgIpc) is 2.58. The predicted octanol–water partition coefficient (Wildman–Crippen LogP) is 1.83. The lowest BCUT2D eigenvalue weighted by atomic mass is 9.92. The summed E-state index contributed by atoms with van der Waals surface area (Å²) in [5, 5.41) is 0. The Balaban J connectivity index is 1.47. The molecule has 0 unspecified atom stereocenters. The Morgan fingerprint density at radius 3 is 2.39 bits per heavy atom. The molecule has 0 aromatic carbocycles. The minimum Gasteiger partial charge on any atom is -0.343 e. The molecule has 2 saturated heterocycles. The maximum Gasteiger partial charge on any atom is 0.219 e. The normalized spacial score (nSPS) is 20.7. The molecule has 2 aliphatic heterocycles. The van der Waals surface area contributed by atoms with Crippen LogP contribution in [0.2, 0.25) is 0 Å². The number of carbonyl (C=O) groups is 1. The number of carbonyl (C=O) groups excluding carboxylic acids is 1. The van der Waals surface area contributed by atoms with Gasteiger partial charge < -0.3 is 4.90 Å². The molecule has 1 amide bonds. The maximum atomic E-state index is 11.4. The van der Waals surface area contributed by atoms with Gasteiger partial charge in [0.2, 0.25) is 5.91 Å². The van der Waals surface area contributed by atoms with Gasteiger partial charge in [0.25, 0.3) is 0 Å². The fourth-order valence-corrected chi connectivity index (χ4v) is 4.28. The van der Waals surface area contributed by atoms with Crippen molar-refractivity contribution in [1.29, 1.82) is 0 Å². The van der Waals surface area contributed by atoms with Crippen LogP contribution in [0.5, 0.6) is 0 Å². The number of aromatic nitrogens is 2. The van der Waals surface area contributed by atoms with E-state index in [1.165, 1.54) is 11.5 Å². The van der Waals surface area contributed by atoms with Crippen molar-refractivity contribution in [2.45, 2.75) is 32.7 Å². The zero-order valence-corrected chi connectivity index (χ0v) is 14.7. The molecule has 23 heavy (non-hydrogen) atoms. The summed E-state index contributed by atoms with van der Waals surface area (Å²) in [6.45, 7) is 6.67. The van der Waals surface area contributed by atoms with Gasteiger partial charge in [0, 0.05) is 57.4 Å². The van der Waals surface area contributed by atoms with Crippen LogP contribution in [0.4, 0.5) is 0 Å². The summed E-state index contributed by atoms with van der Waals surface area (Å²) in [4.78, 5) is 25.0. The van der Waals surface area contributed by atoms with Crippen LogP contribution >= 0.6 is 11.8 Å². The standard InChI is InChI=1S/C17H26N4OS/c1-14(22)21-4-2-15(3-5-21)10-16-11-19-17(12-18-16)13-20-6-8-23-9-7-20/h11-12,15H,2-10,13H2,1H3. The van der Waals surface area contributed by atoms with E-state index in [4.69, 9.17) is 0 Å². The molecule has 6 heteroatoms. The van der Waals surface area contributed by atoms with Gasteiger partial charge in [-0.25, -0.2) is 0 Å². The number of amides is 1.